The Labute approximate surface area is 84.6 Å². The summed E-state index contributed by atoms with van der Waals surface area (Å²) in [4.78, 5) is 0. The van der Waals surface area contributed by atoms with Crippen LogP contribution >= 0.6 is 0 Å². The van der Waals surface area contributed by atoms with Gasteiger partial charge in [-0.1, -0.05) is 0 Å². The van der Waals surface area contributed by atoms with E-state index in [-0.39, 0.29) is 5.41 Å². The van der Waals surface area contributed by atoms with Crippen LogP contribution in [0.25, 0.3) is 0 Å². The molecule has 1 aromatic carbocycles. The van der Waals surface area contributed by atoms with Crippen molar-refractivity contribution in [2.45, 2.75) is 31.3 Å². The molecule has 0 aliphatic rings. The van der Waals surface area contributed by atoms with Crippen LogP contribution in [0.2, 0.25) is 0 Å². The molecule has 0 aliphatic carbocycles. The summed E-state index contributed by atoms with van der Waals surface area (Å²) < 4.78 is 0. The first-order valence-corrected chi connectivity index (χ1v) is 4.63. The summed E-state index contributed by atoms with van der Waals surface area (Å²) in [7, 11) is 0. The number of hydrogen-bond donors (Lipinski definition) is 0. The molecule has 0 aromatic heterocycles. The molecule has 0 amide bonds. The quantitative estimate of drug-likeness (QED) is 0.545. The van der Waals surface area contributed by atoms with E-state index in [4.69, 9.17) is 0 Å². The van der Waals surface area contributed by atoms with Crippen LogP contribution in [0, 0.1) is 0 Å². The van der Waals surface area contributed by atoms with E-state index in [1.807, 2.05) is 0 Å². The number of rotatable bonds is 1. The van der Waals surface area contributed by atoms with Crippen molar-refractivity contribution in [3.05, 3.63) is 35.4 Å². The predicted molar refractivity (Wildman–Crippen MR) is 54.6 cm³/mol. The zero-order valence-corrected chi connectivity index (χ0v) is 8.52. The van der Waals surface area contributed by atoms with E-state index < -0.39 is 0 Å². The van der Waals surface area contributed by atoms with Gasteiger partial charge in [0.1, 0.15) is 0 Å². The van der Waals surface area contributed by atoms with E-state index >= 15 is 0 Å². The van der Waals surface area contributed by atoms with Gasteiger partial charge in [-0.25, -0.2) is 0 Å². The van der Waals surface area contributed by atoms with Crippen LogP contribution in [0.15, 0.2) is 24.3 Å². The van der Waals surface area contributed by atoms with Gasteiger partial charge in [-0.05, 0) is 0 Å². The van der Waals surface area contributed by atoms with Crippen molar-refractivity contribution in [3.63, 3.8) is 0 Å². The average Bonchev–Trinajstić information content (AvgIpc) is 2.03. The minimum absolute atomic E-state index is 0.284. The number of benzene rings is 1. The molecular weight excluding hydrogens is 139 g/mol. The van der Waals surface area contributed by atoms with Crippen LogP contribution in [0.1, 0.15) is 31.9 Å². The molecule has 0 heterocycles. The SMILES string of the molecule is [Li][CH2]c1ccc(C(C)(C)C)cc1. The van der Waals surface area contributed by atoms with Crippen molar-refractivity contribution in [3.8, 4) is 0 Å². The molecule has 0 spiro atoms. The van der Waals surface area contributed by atoms with Crippen LogP contribution in [-0.4, -0.2) is 17.7 Å². The zero-order valence-electron chi connectivity index (χ0n) is 8.52. The van der Waals surface area contributed by atoms with Gasteiger partial charge in [0, 0.05) is 0 Å². The van der Waals surface area contributed by atoms with Gasteiger partial charge < -0.3 is 0 Å². The van der Waals surface area contributed by atoms with Gasteiger partial charge in [-0.2, -0.15) is 0 Å². The van der Waals surface area contributed by atoms with E-state index in [1.54, 1.807) is 0 Å². The molecule has 1 rings (SSSR count). The molecule has 0 N–H and O–H groups in total. The standard InChI is InChI=1S/C11H15.Li/c1-9-5-7-10(8-6-9)11(2,3)4;/h5-8H,1H2,2-4H3;. The van der Waals surface area contributed by atoms with Crippen molar-refractivity contribution < 1.29 is 0 Å². The van der Waals surface area contributed by atoms with Gasteiger partial charge in [-0.15, -0.1) is 0 Å². The van der Waals surface area contributed by atoms with E-state index in [9.17, 15) is 0 Å². The zero-order chi connectivity index (χ0) is 9.19. The normalized spacial score (nSPS) is 11.8. The van der Waals surface area contributed by atoms with Gasteiger partial charge in [-0.3, -0.25) is 0 Å². The summed E-state index contributed by atoms with van der Waals surface area (Å²) in [6, 6.07) is 8.92. The molecule has 0 unspecified atom stereocenters. The van der Waals surface area contributed by atoms with Crippen LogP contribution in [0.5, 0.6) is 0 Å². The molecule has 12 heavy (non-hydrogen) atoms. The van der Waals surface area contributed by atoms with Gasteiger partial charge in [0.2, 0.25) is 0 Å². The summed E-state index contributed by atoms with van der Waals surface area (Å²) in [6.45, 7) is 6.73. The fourth-order valence-electron chi connectivity index (χ4n) is 1.24. The molecule has 0 bridgehead atoms. The Bertz CT molecular complexity index is 241. The Morgan fingerprint density at radius 2 is 1.58 bits per heavy atom. The van der Waals surface area contributed by atoms with E-state index in [0.717, 1.165) is 5.09 Å². The Balaban J connectivity index is 2.93. The van der Waals surface area contributed by atoms with Crippen LogP contribution in [-0.2, 0) is 10.5 Å². The molecule has 0 nitrogen and oxygen atoms in total. The Kier molecular flexibility index (Phi) is 3.04. The Morgan fingerprint density at radius 3 is 1.92 bits per heavy atom. The Morgan fingerprint density at radius 1 is 1.08 bits per heavy atom. The first kappa shape index (κ1) is 9.90. The third kappa shape index (κ3) is 2.40. The van der Waals surface area contributed by atoms with E-state index in [0.29, 0.717) is 0 Å². The molecular formula is C11H15Li. The van der Waals surface area contributed by atoms with Crippen molar-refractivity contribution in [1.82, 2.24) is 0 Å². The first-order chi connectivity index (χ1) is 5.54. The predicted octanol–water partition coefficient (Wildman–Crippen LogP) is 2.65. The Hall–Kier alpha value is -0.183. The van der Waals surface area contributed by atoms with Crippen molar-refractivity contribution in [2.24, 2.45) is 0 Å². The third-order valence-corrected chi connectivity index (χ3v) is 2.23. The fourth-order valence-corrected chi connectivity index (χ4v) is 1.24. The summed E-state index contributed by atoms with van der Waals surface area (Å²) in [5, 5.41) is 1.13. The second kappa shape index (κ2) is 3.69. The maximum atomic E-state index is 2.24. The topological polar surface area (TPSA) is 0 Å². The maximum absolute atomic E-state index is 2.24. The van der Waals surface area contributed by atoms with Gasteiger partial charge >= 0.3 is 84.4 Å². The van der Waals surface area contributed by atoms with Gasteiger partial charge in [0.05, 0.1) is 0 Å². The van der Waals surface area contributed by atoms with E-state index in [2.05, 4.69) is 62.8 Å². The molecule has 0 radical (unpaired) electrons. The van der Waals surface area contributed by atoms with Crippen LogP contribution in [0.3, 0.4) is 0 Å². The fraction of sp³-hybridized carbons (Fsp3) is 0.455. The molecule has 0 saturated heterocycles. The minimum atomic E-state index is 0.284. The van der Waals surface area contributed by atoms with Crippen LogP contribution < -0.4 is 0 Å². The molecule has 60 valence electrons. The second-order valence-corrected chi connectivity index (χ2v) is 4.30. The summed E-state index contributed by atoms with van der Waals surface area (Å²) in [5.74, 6) is 0. The number of hydrogen-bond acceptors (Lipinski definition) is 0. The van der Waals surface area contributed by atoms with Crippen LogP contribution in [0.4, 0.5) is 0 Å². The third-order valence-electron chi connectivity index (χ3n) is 2.23. The van der Waals surface area contributed by atoms with E-state index in [1.165, 1.54) is 11.1 Å². The molecule has 0 aliphatic heterocycles. The molecule has 0 fully saturated rings. The average molecular weight is 154 g/mol. The monoisotopic (exact) mass is 154 g/mol. The van der Waals surface area contributed by atoms with Crippen molar-refractivity contribution in [1.29, 1.82) is 0 Å². The van der Waals surface area contributed by atoms with Gasteiger partial charge in [0.15, 0.2) is 0 Å². The molecule has 1 aromatic rings. The second-order valence-electron chi connectivity index (χ2n) is 4.30. The summed E-state index contributed by atoms with van der Waals surface area (Å²) in [6.07, 6.45) is 0. The molecule has 1 heteroatoms. The van der Waals surface area contributed by atoms with Crippen molar-refractivity contribution in [2.75, 3.05) is 0 Å². The summed E-state index contributed by atoms with van der Waals surface area (Å²) in [5.41, 5.74) is 3.12. The van der Waals surface area contributed by atoms with Crippen molar-refractivity contribution >= 4 is 17.7 Å². The summed E-state index contributed by atoms with van der Waals surface area (Å²) >= 11 is 2.19. The molecule has 0 atom stereocenters. The first-order valence-electron chi connectivity index (χ1n) is 4.63. The molecule has 0 saturated carbocycles. The van der Waals surface area contributed by atoms with Gasteiger partial charge in [0.25, 0.3) is 0 Å².